The van der Waals surface area contributed by atoms with Gasteiger partial charge in [-0.15, -0.1) is 0 Å². The molecular weight excluding hydrogens is 206 g/mol. The number of aromatic nitrogens is 2. The van der Waals surface area contributed by atoms with Gasteiger partial charge in [-0.1, -0.05) is 0 Å². The van der Waals surface area contributed by atoms with Crippen LogP contribution in [-0.4, -0.2) is 35.3 Å². The Kier molecular flexibility index (Phi) is 5.35. The molecule has 0 spiro atoms. The number of anilines is 3. The van der Waals surface area contributed by atoms with E-state index in [9.17, 15) is 0 Å². The zero-order chi connectivity index (χ0) is 11.8. The van der Waals surface area contributed by atoms with Crippen LogP contribution in [0, 0.1) is 0 Å². The molecule has 0 radical (unpaired) electrons. The van der Waals surface area contributed by atoms with Gasteiger partial charge in [0, 0.05) is 26.3 Å². The van der Waals surface area contributed by atoms with Crippen LogP contribution in [0.1, 0.15) is 19.3 Å². The van der Waals surface area contributed by atoms with Crippen molar-refractivity contribution in [3.8, 4) is 0 Å². The predicted octanol–water partition coefficient (Wildman–Crippen LogP) is 0.675. The fraction of sp³-hybridized carbons (Fsp3) is 0.600. The van der Waals surface area contributed by atoms with Crippen LogP contribution in [0.2, 0.25) is 0 Å². The van der Waals surface area contributed by atoms with Crippen molar-refractivity contribution >= 4 is 17.6 Å². The third-order valence-electron chi connectivity index (χ3n) is 2.14. The molecule has 16 heavy (non-hydrogen) atoms. The van der Waals surface area contributed by atoms with Gasteiger partial charge in [0.1, 0.15) is 11.6 Å². The van der Waals surface area contributed by atoms with Gasteiger partial charge in [0.25, 0.3) is 0 Å². The number of nitrogen functional groups attached to an aromatic ring is 1. The van der Waals surface area contributed by atoms with E-state index in [-0.39, 0.29) is 12.6 Å². The minimum absolute atomic E-state index is 0.254. The van der Waals surface area contributed by atoms with E-state index < -0.39 is 0 Å². The molecule has 5 N–H and O–H groups in total. The molecule has 90 valence electrons. The second-order valence-corrected chi connectivity index (χ2v) is 3.46. The van der Waals surface area contributed by atoms with Gasteiger partial charge >= 0.3 is 0 Å². The Morgan fingerprint density at radius 2 is 2.00 bits per heavy atom. The number of nitrogens with zero attached hydrogens (tertiary/aromatic N) is 2. The van der Waals surface area contributed by atoms with Crippen LogP contribution in [0.4, 0.5) is 17.6 Å². The molecule has 1 aromatic heterocycles. The van der Waals surface area contributed by atoms with E-state index in [2.05, 4.69) is 20.6 Å². The molecule has 0 aromatic carbocycles. The molecule has 0 bridgehead atoms. The van der Waals surface area contributed by atoms with Gasteiger partial charge < -0.3 is 21.5 Å². The number of nitrogens with two attached hydrogens (primary N) is 1. The largest absolute Gasteiger partial charge is 0.396 e. The van der Waals surface area contributed by atoms with Gasteiger partial charge in [-0.3, -0.25) is 0 Å². The minimum atomic E-state index is 0.254. The van der Waals surface area contributed by atoms with Crippen molar-refractivity contribution in [2.75, 3.05) is 36.6 Å². The van der Waals surface area contributed by atoms with E-state index in [1.165, 1.54) is 0 Å². The van der Waals surface area contributed by atoms with E-state index in [1.807, 2.05) is 6.07 Å². The Balaban J connectivity index is 2.38. The van der Waals surface area contributed by atoms with Crippen molar-refractivity contribution in [2.24, 2.45) is 0 Å². The molecule has 6 heteroatoms. The van der Waals surface area contributed by atoms with Gasteiger partial charge in [0.15, 0.2) is 0 Å². The van der Waals surface area contributed by atoms with E-state index in [4.69, 9.17) is 10.8 Å². The Morgan fingerprint density at radius 1 is 1.25 bits per heavy atom. The number of aliphatic hydroxyl groups is 1. The first-order valence-corrected chi connectivity index (χ1v) is 5.43. The lowest BCUT2D eigenvalue weighted by atomic mass is 10.2. The fourth-order valence-electron chi connectivity index (χ4n) is 1.31. The highest BCUT2D eigenvalue weighted by Gasteiger charge is 1.99. The Morgan fingerprint density at radius 3 is 2.69 bits per heavy atom. The standard InChI is InChI=1S/C10H19N5O/c1-12-8-7-9(15-10(11)14-8)13-5-3-2-4-6-16/h7,16H,2-6H2,1H3,(H4,11,12,13,14,15). The second kappa shape index (κ2) is 6.84. The molecule has 0 saturated carbocycles. The average Bonchev–Trinajstić information content (AvgIpc) is 2.28. The summed E-state index contributed by atoms with van der Waals surface area (Å²) >= 11 is 0. The maximum Gasteiger partial charge on any atom is 0.223 e. The summed E-state index contributed by atoms with van der Waals surface area (Å²) in [4.78, 5) is 8.06. The van der Waals surface area contributed by atoms with Gasteiger partial charge in [-0.05, 0) is 19.3 Å². The van der Waals surface area contributed by atoms with Crippen LogP contribution in [0.3, 0.4) is 0 Å². The number of hydrogen-bond acceptors (Lipinski definition) is 6. The normalized spacial score (nSPS) is 10.1. The monoisotopic (exact) mass is 225 g/mol. The first kappa shape index (κ1) is 12.5. The lowest BCUT2D eigenvalue weighted by Gasteiger charge is -2.07. The first-order chi connectivity index (χ1) is 7.76. The van der Waals surface area contributed by atoms with Crippen LogP contribution < -0.4 is 16.4 Å². The van der Waals surface area contributed by atoms with E-state index in [0.29, 0.717) is 5.82 Å². The van der Waals surface area contributed by atoms with Crippen LogP contribution in [0.5, 0.6) is 0 Å². The van der Waals surface area contributed by atoms with Crippen LogP contribution in [0.15, 0.2) is 6.07 Å². The molecule has 0 aliphatic carbocycles. The molecular formula is C10H19N5O. The smallest absolute Gasteiger partial charge is 0.223 e. The lowest BCUT2D eigenvalue weighted by molar-refractivity contribution is 0.283. The van der Waals surface area contributed by atoms with Crippen LogP contribution in [-0.2, 0) is 0 Å². The van der Waals surface area contributed by atoms with Crippen LogP contribution >= 0.6 is 0 Å². The van der Waals surface area contributed by atoms with Gasteiger partial charge in [-0.25, -0.2) is 0 Å². The minimum Gasteiger partial charge on any atom is -0.396 e. The van der Waals surface area contributed by atoms with E-state index in [0.717, 1.165) is 31.6 Å². The Labute approximate surface area is 95.3 Å². The van der Waals surface area contributed by atoms with Crippen LogP contribution in [0.25, 0.3) is 0 Å². The molecule has 0 aliphatic heterocycles. The average molecular weight is 225 g/mol. The van der Waals surface area contributed by atoms with Crippen molar-refractivity contribution in [2.45, 2.75) is 19.3 Å². The summed E-state index contributed by atoms with van der Waals surface area (Å²) in [6.07, 6.45) is 2.84. The molecule has 0 aliphatic rings. The summed E-state index contributed by atoms with van der Waals surface area (Å²) in [6, 6.07) is 1.81. The molecule has 1 heterocycles. The zero-order valence-corrected chi connectivity index (χ0v) is 9.53. The highest BCUT2D eigenvalue weighted by atomic mass is 16.2. The fourth-order valence-corrected chi connectivity index (χ4v) is 1.31. The summed E-state index contributed by atoms with van der Waals surface area (Å²) in [6.45, 7) is 1.07. The van der Waals surface area contributed by atoms with Crippen molar-refractivity contribution < 1.29 is 5.11 Å². The highest BCUT2D eigenvalue weighted by Crippen LogP contribution is 2.11. The van der Waals surface area contributed by atoms with Crippen molar-refractivity contribution in [3.63, 3.8) is 0 Å². The van der Waals surface area contributed by atoms with Crippen molar-refractivity contribution in [3.05, 3.63) is 6.07 Å². The molecule has 0 saturated heterocycles. The molecule has 1 rings (SSSR count). The maximum absolute atomic E-state index is 8.62. The van der Waals surface area contributed by atoms with Gasteiger partial charge in [0.2, 0.25) is 5.95 Å². The lowest BCUT2D eigenvalue weighted by Crippen LogP contribution is -2.07. The van der Waals surface area contributed by atoms with Gasteiger partial charge in [-0.2, -0.15) is 9.97 Å². The summed E-state index contributed by atoms with van der Waals surface area (Å²) in [7, 11) is 1.78. The SMILES string of the molecule is CNc1cc(NCCCCCO)nc(N)n1. The molecule has 0 unspecified atom stereocenters. The third kappa shape index (κ3) is 4.31. The predicted molar refractivity (Wildman–Crippen MR) is 65.4 cm³/mol. The summed E-state index contributed by atoms with van der Waals surface area (Å²) in [5.41, 5.74) is 5.55. The van der Waals surface area contributed by atoms with E-state index >= 15 is 0 Å². The maximum atomic E-state index is 8.62. The Bertz CT molecular complexity index is 318. The number of unbranched alkanes of at least 4 members (excludes halogenated alkanes) is 2. The number of rotatable bonds is 7. The molecule has 6 nitrogen and oxygen atoms in total. The molecule has 0 fully saturated rings. The summed E-state index contributed by atoms with van der Waals surface area (Å²) < 4.78 is 0. The molecule has 1 aromatic rings. The van der Waals surface area contributed by atoms with Gasteiger partial charge in [0.05, 0.1) is 0 Å². The Hall–Kier alpha value is -1.56. The summed E-state index contributed by atoms with van der Waals surface area (Å²) in [5.74, 6) is 1.68. The number of aliphatic hydroxyl groups excluding tert-OH is 1. The van der Waals surface area contributed by atoms with Crippen molar-refractivity contribution in [1.82, 2.24) is 9.97 Å². The second-order valence-electron chi connectivity index (χ2n) is 3.46. The third-order valence-corrected chi connectivity index (χ3v) is 2.14. The quantitative estimate of drug-likeness (QED) is 0.509. The van der Waals surface area contributed by atoms with Crippen molar-refractivity contribution in [1.29, 1.82) is 0 Å². The highest BCUT2D eigenvalue weighted by molar-refractivity contribution is 5.50. The zero-order valence-electron chi connectivity index (χ0n) is 9.53. The van der Waals surface area contributed by atoms with E-state index in [1.54, 1.807) is 7.05 Å². The number of hydrogen-bond donors (Lipinski definition) is 4. The molecule has 0 atom stereocenters. The summed E-state index contributed by atoms with van der Waals surface area (Å²) in [5, 5.41) is 14.7. The molecule has 0 amide bonds. The number of nitrogens with one attached hydrogen (secondary N) is 2. The topological polar surface area (TPSA) is 96.1 Å². The first-order valence-electron chi connectivity index (χ1n) is 5.43.